The maximum atomic E-state index is 5.73. The molecule has 0 saturated heterocycles. The number of hydrogen-bond acceptors (Lipinski definition) is 4. The molecule has 0 aliphatic heterocycles. The van der Waals surface area contributed by atoms with Crippen molar-refractivity contribution in [1.82, 2.24) is 29.1 Å². The van der Waals surface area contributed by atoms with Gasteiger partial charge in [-0.2, -0.15) is 9.97 Å². The summed E-state index contributed by atoms with van der Waals surface area (Å²) in [6.45, 7) is 0. The molecule has 0 fully saturated rings. The standard InChI is InChI=1S/C52H32N6/c1-5-19-33(20-6-1)49-54-50(34-21-7-2-8-22-34)56-52(55-49)58-42-32-18-17-31-41(42)45-43-39-29-15-13-27-37(39)38-28-14-16-30-40(38)44(43)46-48(47(45)58)57(36-25-11-4-12-26-36)51(53-46)35-23-9-3-10-24-35/h1-32H. The number of fused-ring (bicyclic) bond motifs is 13. The zero-order valence-electron chi connectivity index (χ0n) is 31.2. The Kier molecular flexibility index (Phi) is 7.13. The first-order valence-electron chi connectivity index (χ1n) is 19.5. The second kappa shape index (κ2) is 12.8. The van der Waals surface area contributed by atoms with Gasteiger partial charge in [0.25, 0.3) is 0 Å². The molecule has 12 aromatic rings. The van der Waals surface area contributed by atoms with Crippen molar-refractivity contribution in [2.75, 3.05) is 0 Å². The molecule has 9 aromatic carbocycles. The van der Waals surface area contributed by atoms with Crippen LogP contribution in [0.15, 0.2) is 194 Å². The van der Waals surface area contributed by atoms with Crippen LogP contribution >= 0.6 is 0 Å². The van der Waals surface area contributed by atoms with Crippen LogP contribution in [0.2, 0.25) is 0 Å². The summed E-state index contributed by atoms with van der Waals surface area (Å²) in [6.07, 6.45) is 0. The lowest BCUT2D eigenvalue weighted by molar-refractivity contribution is 0.953. The molecule has 0 atom stereocenters. The molecule has 3 heterocycles. The van der Waals surface area contributed by atoms with Crippen molar-refractivity contribution in [2.24, 2.45) is 0 Å². The molecule has 0 spiro atoms. The first-order valence-corrected chi connectivity index (χ1v) is 19.5. The molecule has 58 heavy (non-hydrogen) atoms. The summed E-state index contributed by atoms with van der Waals surface area (Å²) in [5.74, 6) is 2.60. The van der Waals surface area contributed by atoms with E-state index in [1.165, 1.54) is 16.2 Å². The molecular weight excluding hydrogens is 709 g/mol. The lowest BCUT2D eigenvalue weighted by Gasteiger charge is -2.16. The smallest absolute Gasteiger partial charge is 0.238 e. The van der Waals surface area contributed by atoms with Crippen molar-refractivity contribution in [2.45, 2.75) is 0 Å². The van der Waals surface area contributed by atoms with Crippen LogP contribution in [0.1, 0.15) is 0 Å². The van der Waals surface area contributed by atoms with Gasteiger partial charge in [0.2, 0.25) is 5.95 Å². The lowest BCUT2D eigenvalue weighted by Crippen LogP contribution is -2.07. The highest BCUT2D eigenvalue weighted by molar-refractivity contribution is 6.42. The summed E-state index contributed by atoms with van der Waals surface area (Å²) in [5, 5.41) is 9.24. The second-order valence-electron chi connectivity index (χ2n) is 14.6. The minimum absolute atomic E-state index is 0.534. The minimum atomic E-state index is 0.534. The monoisotopic (exact) mass is 740 g/mol. The van der Waals surface area contributed by atoms with Crippen LogP contribution < -0.4 is 0 Å². The quantitative estimate of drug-likeness (QED) is 0.165. The molecule has 0 amide bonds. The Hall–Kier alpha value is -7.96. The SMILES string of the molecule is c1ccc(-c2nc(-c3ccccc3)nc(-n3c4ccccc4c4c5c6ccccc6c6ccccc6c5c5nc(-c6ccccc6)n(-c6ccccc6)c5c43)n2)cc1. The average Bonchev–Trinajstić information content (AvgIpc) is 3.87. The molecule has 6 nitrogen and oxygen atoms in total. The molecule has 0 unspecified atom stereocenters. The van der Waals surface area contributed by atoms with Gasteiger partial charge in [0.05, 0.1) is 16.6 Å². The van der Waals surface area contributed by atoms with Crippen molar-refractivity contribution < 1.29 is 0 Å². The van der Waals surface area contributed by atoms with Gasteiger partial charge < -0.3 is 0 Å². The van der Waals surface area contributed by atoms with E-state index in [0.717, 1.165) is 77.2 Å². The van der Waals surface area contributed by atoms with E-state index in [9.17, 15) is 0 Å². The molecule has 6 heteroatoms. The van der Waals surface area contributed by atoms with Gasteiger partial charge in [0.1, 0.15) is 11.3 Å². The summed E-state index contributed by atoms with van der Waals surface area (Å²) in [6, 6.07) is 67.7. The molecule has 270 valence electrons. The zero-order valence-corrected chi connectivity index (χ0v) is 31.2. The largest absolute Gasteiger partial charge is 0.290 e. The highest BCUT2D eigenvalue weighted by atomic mass is 15.2. The molecule has 12 rings (SSSR count). The van der Waals surface area contributed by atoms with Crippen molar-refractivity contribution in [1.29, 1.82) is 0 Å². The van der Waals surface area contributed by atoms with E-state index in [1.54, 1.807) is 0 Å². The van der Waals surface area contributed by atoms with E-state index in [1.807, 2.05) is 36.4 Å². The third-order valence-corrected chi connectivity index (χ3v) is 11.3. The van der Waals surface area contributed by atoms with E-state index in [4.69, 9.17) is 19.9 Å². The molecule has 0 radical (unpaired) electrons. The predicted octanol–water partition coefficient (Wildman–Crippen LogP) is 12.8. The summed E-state index contributed by atoms with van der Waals surface area (Å²) < 4.78 is 4.59. The van der Waals surface area contributed by atoms with Gasteiger partial charge in [-0.25, -0.2) is 9.97 Å². The van der Waals surface area contributed by atoms with Crippen molar-refractivity contribution in [3.05, 3.63) is 194 Å². The summed E-state index contributed by atoms with van der Waals surface area (Å²) in [4.78, 5) is 21.5. The van der Waals surface area contributed by atoms with E-state index < -0.39 is 0 Å². The molecule has 0 saturated carbocycles. The first-order chi connectivity index (χ1) is 28.8. The number of imidazole rings is 1. The Bertz CT molecular complexity index is 3480. The number of rotatable bonds is 5. The number of benzene rings is 9. The van der Waals surface area contributed by atoms with Gasteiger partial charge in [-0.15, -0.1) is 0 Å². The average molecular weight is 741 g/mol. The predicted molar refractivity (Wildman–Crippen MR) is 238 cm³/mol. The Morgan fingerprint density at radius 1 is 0.310 bits per heavy atom. The van der Waals surface area contributed by atoms with E-state index in [0.29, 0.717) is 17.6 Å². The minimum Gasteiger partial charge on any atom is -0.290 e. The fraction of sp³-hybridized carbons (Fsp3) is 0. The number of para-hydroxylation sites is 2. The van der Waals surface area contributed by atoms with Gasteiger partial charge in [-0.1, -0.05) is 176 Å². The number of aromatic nitrogens is 6. The first kappa shape index (κ1) is 32.3. The lowest BCUT2D eigenvalue weighted by atomic mass is 9.91. The second-order valence-corrected chi connectivity index (χ2v) is 14.6. The Morgan fingerprint density at radius 2 is 0.776 bits per heavy atom. The van der Waals surface area contributed by atoms with E-state index in [-0.39, 0.29) is 0 Å². The van der Waals surface area contributed by atoms with Gasteiger partial charge >= 0.3 is 0 Å². The van der Waals surface area contributed by atoms with Crippen LogP contribution in [0.5, 0.6) is 0 Å². The number of nitrogens with zero attached hydrogens (tertiary/aromatic N) is 6. The molecule has 3 aromatic heterocycles. The van der Waals surface area contributed by atoms with Crippen LogP contribution in [0, 0.1) is 0 Å². The highest BCUT2D eigenvalue weighted by Crippen LogP contribution is 2.49. The molecule has 0 aliphatic carbocycles. The maximum absolute atomic E-state index is 5.73. The Labute approximate surface area is 333 Å². The van der Waals surface area contributed by atoms with Gasteiger partial charge in [0, 0.05) is 43.9 Å². The molecule has 0 bridgehead atoms. The number of hydrogen-bond donors (Lipinski definition) is 0. The highest BCUT2D eigenvalue weighted by Gasteiger charge is 2.28. The fourth-order valence-corrected chi connectivity index (χ4v) is 8.89. The summed E-state index contributed by atoms with van der Waals surface area (Å²) >= 11 is 0. The third kappa shape index (κ3) is 4.79. The third-order valence-electron chi connectivity index (χ3n) is 11.3. The summed E-state index contributed by atoms with van der Waals surface area (Å²) in [7, 11) is 0. The topological polar surface area (TPSA) is 61.4 Å². The van der Waals surface area contributed by atoms with Gasteiger partial charge in [0.15, 0.2) is 11.6 Å². The van der Waals surface area contributed by atoms with Gasteiger partial charge in [-0.05, 0) is 39.7 Å². The Balaban J connectivity index is 1.38. The fourth-order valence-electron chi connectivity index (χ4n) is 8.89. The van der Waals surface area contributed by atoms with Crippen LogP contribution in [0.25, 0.3) is 111 Å². The molecular formula is C52H32N6. The zero-order chi connectivity index (χ0) is 38.2. The van der Waals surface area contributed by atoms with E-state index >= 15 is 0 Å². The molecule has 0 N–H and O–H groups in total. The van der Waals surface area contributed by atoms with Gasteiger partial charge in [-0.3, -0.25) is 9.13 Å². The normalized spacial score (nSPS) is 11.8. The Morgan fingerprint density at radius 3 is 1.36 bits per heavy atom. The maximum Gasteiger partial charge on any atom is 0.238 e. The van der Waals surface area contributed by atoms with Crippen LogP contribution in [-0.4, -0.2) is 29.1 Å². The molecule has 0 aliphatic rings. The van der Waals surface area contributed by atoms with Crippen LogP contribution in [0.3, 0.4) is 0 Å². The van der Waals surface area contributed by atoms with Crippen LogP contribution in [0.4, 0.5) is 0 Å². The van der Waals surface area contributed by atoms with Crippen LogP contribution in [-0.2, 0) is 0 Å². The summed E-state index contributed by atoms with van der Waals surface area (Å²) in [5.41, 5.74) is 7.73. The van der Waals surface area contributed by atoms with Crippen molar-refractivity contribution >= 4 is 65.2 Å². The van der Waals surface area contributed by atoms with Crippen molar-refractivity contribution in [3.8, 4) is 45.8 Å². The van der Waals surface area contributed by atoms with Crippen molar-refractivity contribution in [3.63, 3.8) is 0 Å². The van der Waals surface area contributed by atoms with E-state index in [2.05, 4.69) is 167 Å².